The number of carboxylic acid groups (broad SMARTS) is 1. The van der Waals surface area contributed by atoms with Gasteiger partial charge in [0.1, 0.15) is 5.82 Å². The van der Waals surface area contributed by atoms with Crippen molar-refractivity contribution in [3.8, 4) is 0 Å². The Bertz CT molecular complexity index is 475. The normalized spacial score (nSPS) is 22.7. The van der Waals surface area contributed by atoms with E-state index >= 15 is 0 Å². The zero-order valence-electron chi connectivity index (χ0n) is 9.73. The molecule has 1 fully saturated rings. The summed E-state index contributed by atoms with van der Waals surface area (Å²) in [6, 6.07) is 4.99. The molecule has 18 heavy (non-hydrogen) atoms. The van der Waals surface area contributed by atoms with E-state index in [0.717, 1.165) is 12.5 Å². The summed E-state index contributed by atoms with van der Waals surface area (Å²) < 4.78 is 13.0. The molecule has 0 aliphatic heterocycles. The number of benzene rings is 1. The Hall–Kier alpha value is -1.91. The van der Waals surface area contributed by atoms with Gasteiger partial charge in [0.25, 0.3) is 5.91 Å². The summed E-state index contributed by atoms with van der Waals surface area (Å²) in [5.41, 5.74) is 0.214. The lowest BCUT2D eigenvalue weighted by Crippen LogP contribution is -2.40. The first-order chi connectivity index (χ1) is 8.58. The Kier molecular flexibility index (Phi) is 3.60. The van der Waals surface area contributed by atoms with E-state index < -0.39 is 23.6 Å². The molecule has 2 rings (SSSR count). The standard InChI is InChI=1S/C13H14FNO3/c14-9-4-1-3-8(7-9)12(16)15-11-6-2-5-10(11)13(17)18/h1,3-4,7,10-11H,2,5-6H2,(H,15,16)(H,17,18)/t10-,11+/m1/s1. The third-order valence-corrected chi connectivity index (χ3v) is 3.24. The van der Waals surface area contributed by atoms with Gasteiger partial charge in [0.2, 0.25) is 0 Å². The molecule has 1 saturated carbocycles. The lowest BCUT2D eigenvalue weighted by atomic mass is 10.0. The fourth-order valence-electron chi connectivity index (χ4n) is 2.31. The first-order valence-corrected chi connectivity index (χ1v) is 5.87. The molecule has 0 radical (unpaired) electrons. The Morgan fingerprint density at radius 1 is 1.33 bits per heavy atom. The van der Waals surface area contributed by atoms with Crippen LogP contribution in [0.15, 0.2) is 24.3 Å². The van der Waals surface area contributed by atoms with Crippen LogP contribution in [0.1, 0.15) is 29.6 Å². The van der Waals surface area contributed by atoms with Gasteiger partial charge in [0, 0.05) is 11.6 Å². The summed E-state index contributed by atoms with van der Waals surface area (Å²) >= 11 is 0. The van der Waals surface area contributed by atoms with Crippen LogP contribution in [0.2, 0.25) is 0 Å². The highest BCUT2D eigenvalue weighted by Crippen LogP contribution is 2.26. The van der Waals surface area contributed by atoms with Crippen molar-refractivity contribution >= 4 is 11.9 Å². The molecular formula is C13H14FNO3. The molecule has 0 unspecified atom stereocenters. The van der Waals surface area contributed by atoms with Crippen molar-refractivity contribution in [2.24, 2.45) is 5.92 Å². The van der Waals surface area contributed by atoms with Gasteiger partial charge in [-0.3, -0.25) is 9.59 Å². The minimum atomic E-state index is -0.892. The van der Waals surface area contributed by atoms with Crippen LogP contribution in [0.3, 0.4) is 0 Å². The Morgan fingerprint density at radius 3 is 2.78 bits per heavy atom. The van der Waals surface area contributed by atoms with Gasteiger partial charge < -0.3 is 10.4 Å². The number of halogens is 1. The van der Waals surface area contributed by atoms with Crippen molar-refractivity contribution in [2.75, 3.05) is 0 Å². The smallest absolute Gasteiger partial charge is 0.308 e. The van der Waals surface area contributed by atoms with E-state index in [4.69, 9.17) is 5.11 Å². The fourth-order valence-corrected chi connectivity index (χ4v) is 2.31. The van der Waals surface area contributed by atoms with Crippen molar-refractivity contribution in [3.63, 3.8) is 0 Å². The molecule has 96 valence electrons. The zero-order valence-corrected chi connectivity index (χ0v) is 9.73. The predicted octanol–water partition coefficient (Wildman–Crippen LogP) is 1.81. The molecule has 5 heteroatoms. The van der Waals surface area contributed by atoms with Gasteiger partial charge in [-0.25, -0.2) is 4.39 Å². The van der Waals surface area contributed by atoms with Gasteiger partial charge in [-0.1, -0.05) is 12.5 Å². The Labute approximate surface area is 104 Å². The minimum absolute atomic E-state index is 0.214. The molecule has 0 saturated heterocycles. The van der Waals surface area contributed by atoms with Gasteiger partial charge in [-0.2, -0.15) is 0 Å². The van der Waals surface area contributed by atoms with Gasteiger partial charge in [0.15, 0.2) is 0 Å². The van der Waals surface area contributed by atoms with E-state index in [0.29, 0.717) is 12.8 Å². The summed E-state index contributed by atoms with van der Waals surface area (Å²) in [5, 5.41) is 11.7. The molecule has 0 aromatic heterocycles. The van der Waals surface area contributed by atoms with Crippen LogP contribution in [0.25, 0.3) is 0 Å². The third-order valence-electron chi connectivity index (χ3n) is 3.24. The lowest BCUT2D eigenvalue weighted by Gasteiger charge is -2.17. The summed E-state index contributed by atoms with van der Waals surface area (Å²) in [6.45, 7) is 0. The van der Waals surface area contributed by atoms with E-state index in [2.05, 4.69) is 5.32 Å². The molecule has 0 heterocycles. The van der Waals surface area contributed by atoms with E-state index in [1.54, 1.807) is 0 Å². The maximum absolute atomic E-state index is 13.0. The van der Waals surface area contributed by atoms with Gasteiger partial charge in [0.05, 0.1) is 5.92 Å². The summed E-state index contributed by atoms with van der Waals surface area (Å²) in [7, 11) is 0. The van der Waals surface area contributed by atoms with E-state index in [9.17, 15) is 14.0 Å². The van der Waals surface area contributed by atoms with Crippen LogP contribution in [0, 0.1) is 11.7 Å². The quantitative estimate of drug-likeness (QED) is 0.861. The van der Waals surface area contributed by atoms with Crippen LogP contribution in [0.5, 0.6) is 0 Å². The molecule has 0 spiro atoms. The number of nitrogens with one attached hydrogen (secondary N) is 1. The van der Waals surface area contributed by atoms with E-state index in [-0.39, 0.29) is 11.6 Å². The first-order valence-electron chi connectivity index (χ1n) is 5.87. The molecule has 1 aromatic rings. The maximum atomic E-state index is 13.0. The van der Waals surface area contributed by atoms with Crippen molar-refractivity contribution in [3.05, 3.63) is 35.6 Å². The molecule has 1 aliphatic carbocycles. The summed E-state index contributed by atoms with van der Waals surface area (Å²) in [6.07, 6.45) is 2.01. The summed E-state index contributed by atoms with van der Waals surface area (Å²) in [5.74, 6) is -2.34. The van der Waals surface area contributed by atoms with Crippen LogP contribution in [-0.2, 0) is 4.79 Å². The minimum Gasteiger partial charge on any atom is -0.481 e. The van der Waals surface area contributed by atoms with Crippen molar-refractivity contribution in [1.82, 2.24) is 5.32 Å². The molecule has 2 N–H and O–H groups in total. The average Bonchev–Trinajstić information content (AvgIpc) is 2.77. The van der Waals surface area contributed by atoms with Crippen molar-refractivity contribution in [2.45, 2.75) is 25.3 Å². The monoisotopic (exact) mass is 251 g/mol. The maximum Gasteiger partial charge on any atom is 0.308 e. The number of carbonyl (C=O) groups excluding carboxylic acids is 1. The highest BCUT2D eigenvalue weighted by atomic mass is 19.1. The Balaban J connectivity index is 2.05. The Morgan fingerprint density at radius 2 is 2.11 bits per heavy atom. The fraction of sp³-hybridized carbons (Fsp3) is 0.385. The third kappa shape index (κ3) is 2.67. The highest BCUT2D eigenvalue weighted by Gasteiger charge is 2.33. The highest BCUT2D eigenvalue weighted by molar-refractivity contribution is 5.94. The number of hydrogen-bond acceptors (Lipinski definition) is 2. The first kappa shape index (κ1) is 12.5. The van der Waals surface area contributed by atoms with Crippen LogP contribution < -0.4 is 5.32 Å². The van der Waals surface area contributed by atoms with Crippen molar-refractivity contribution in [1.29, 1.82) is 0 Å². The van der Waals surface area contributed by atoms with Crippen LogP contribution in [-0.4, -0.2) is 23.0 Å². The molecule has 1 aromatic carbocycles. The molecule has 2 atom stereocenters. The second kappa shape index (κ2) is 5.16. The molecule has 1 amide bonds. The van der Waals surface area contributed by atoms with Crippen LogP contribution >= 0.6 is 0 Å². The molecular weight excluding hydrogens is 237 g/mol. The summed E-state index contributed by atoms with van der Waals surface area (Å²) in [4.78, 5) is 22.8. The van der Waals surface area contributed by atoms with E-state index in [1.807, 2.05) is 0 Å². The second-order valence-corrected chi connectivity index (χ2v) is 4.47. The number of aliphatic carboxylic acids is 1. The van der Waals surface area contributed by atoms with Gasteiger partial charge in [-0.05, 0) is 31.0 Å². The number of hydrogen-bond donors (Lipinski definition) is 2. The lowest BCUT2D eigenvalue weighted by molar-refractivity contribution is -0.142. The van der Waals surface area contributed by atoms with E-state index in [1.165, 1.54) is 18.2 Å². The zero-order chi connectivity index (χ0) is 13.1. The SMILES string of the molecule is O=C(N[C@H]1CCC[C@H]1C(=O)O)c1cccc(F)c1. The van der Waals surface area contributed by atoms with Crippen molar-refractivity contribution < 1.29 is 19.1 Å². The molecule has 4 nitrogen and oxygen atoms in total. The molecule has 1 aliphatic rings. The largest absolute Gasteiger partial charge is 0.481 e. The van der Waals surface area contributed by atoms with Crippen LogP contribution in [0.4, 0.5) is 4.39 Å². The second-order valence-electron chi connectivity index (χ2n) is 4.47. The predicted molar refractivity (Wildman–Crippen MR) is 62.6 cm³/mol. The number of rotatable bonds is 3. The number of carbonyl (C=O) groups is 2. The average molecular weight is 251 g/mol. The van der Waals surface area contributed by atoms with Gasteiger partial charge in [-0.15, -0.1) is 0 Å². The van der Waals surface area contributed by atoms with Gasteiger partial charge >= 0.3 is 5.97 Å². The number of amides is 1. The number of carboxylic acids is 1. The molecule has 0 bridgehead atoms. The topological polar surface area (TPSA) is 66.4 Å².